The zero-order chi connectivity index (χ0) is 13.7. The van der Waals surface area contributed by atoms with Crippen molar-refractivity contribution >= 4 is 17.7 Å². The average Bonchev–Trinajstić information content (AvgIpc) is 2.29. The number of urea groups is 1. The van der Waals surface area contributed by atoms with Crippen LogP contribution in [0.1, 0.15) is 29.8 Å². The first-order valence-electron chi connectivity index (χ1n) is 5.79. The zero-order valence-electron chi connectivity index (χ0n) is 10.8. The largest absolute Gasteiger partial charge is 0.478 e. The van der Waals surface area contributed by atoms with Gasteiger partial charge in [-0.3, -0.25) is 0 Å². The van der Waals surface area contributed by atoms with E-state index in [1.165, 1.54) is 12.1 Å². The fraction of sp³-hybridized carbons (Fsp3) is 0.385. The summed E-state index contributed by atoms with van der Waals surface area (Å²) in [6, 6.07) is 4.30. The molecular weight excluding hydrogens is 232 g/mol. The van der Waals surface area contributed by atoms with Crippen LogP contribution in [0.2, 0.25) is 0 Å². The summed E-state index contributed by atoms with van der Waals surface area (Å²) in [6.45, 7) is 6.36. The molecule has 1 rings (SSSR count). The van der Waals surface area contributed by atoms with Crippen molar-refractivity contribution in [3.8, 4) is 0 Å². The van der Waals surface area contributed by atoms with E-state index in [2.05, 4.69) is 10.6 Å². The van der Waals surface area contributed by atoms with E-state index in [-0.39, 0.29) is 11.6 Å². The number of hydrogen-bond donors (Lipinski definition) is 3. The molecule has 0 spiro atoms. The molecule has 0 aliphatic rings. The topological polar surface area (TPSA) is 78.4 Å². The molecule has 0 aliphatic heterocycles. The van der Waals surface area contributed by atoms with E-state index in [0.717, 1.165) is 5.56 Å². The number of carboxylic acids is 1. The maximum Gasteiger partial charge on any atom is 0.335 e. The number of carbonyl (C=O) groups excluding carboxylic acids is 1. The molecule has 5 heteroatoms. The molecule has 0 bridgehead atoms. The van der Waals surface area contributed by atoms with Crippen molar-refractivity contribution < 1.29 is 14.7 Å². The quantitative estimate of drug-likeness (QED) is 0.768. The highest BCUT2D eigenvalue weighted by molar-refractivity contribution is 5.92. The van der Waals surface area contributed by atoms with E-state index >= 15 is 0 Å². The van der Waals surface area contributed by atoms with E-state index in [9.17, 15) is 9.59 Å². The average molecular weight is 250 g/mol. The molecule has 18 heavy (non-hydrogen) atoms. The van der Waals surface area contributed by atoms with Crippen molar-refractivity contribution in [3.63, 3.8) is 0 Å². The molecule has 1 aromatic carbocycles. The molecule has 0 aliphatic carbocycles. The van der Waals surface area contributed by atoms with Crippen LogP contribution in [0.25, 0.3) is 0 Å². The fourth-order valence-corrected chi connectivity index (χ4v) is 1.40. The highest BCUT2D eigenvalue weighted by atomic mass is 16.4. The normalized spacial score (nSPS) is 10.2. The summed E-state index contributed by atoms with van der Waals surface area (Å²) in [6.07, 6.45) is 0. The van der Waals surface area contributed by atoms with Gasteiger partial charge in [0.25, 0.3) is 0 Å². The van der Waals surface area contributed by atoms with Crippen LogP contribution in [0.15, 0.2) is 18.2 Å². The van der Waals surface area contributed by atoms with Crippen LogP contribution >= 0.6 is 0 Å². The molecule has 0 radical (unpaired) electrons. The SMILES string of the molecule is Cc1cc(C(=O)O)ccc1NC(=O)NCC(C)C. The Balaban J connectivity index is 2.68. The third-order valence-electron chi connectivity index (χ3n) is 2.39. The lowest BCUT2D eigenvalue weighted by Crippen LogP contribution is -2.31. The third kappa shape index (κ3) is 4.08. The van der Waals surface area contributed by atoms with Gasteiger partial charge >= 0.3 is 12.0 Å². The number of aryl methyl sites for hydroxylation is 1. The maximum atomic E-state index is 11.5. The zero-order valence-corrected chi connectivity index (χ0v) is 10.8. The summed E-state index contributed by atoms with van der Waals surface area (Å²) in [5, 5.41) is 14.2. The van der Waals surface area contributed by atoms with Crippen LogP contribution in [-0.2, 0) is 0 Å². The molecule has 1 aromatic rings. The van der Waals surface area contributed by atoms with Crippen LogP contribution in [0.3, 0.4) is 0 Å². The second kappa shape index (κ2) is 6.05. The van der Waals surface area contributed by atoms with Crippen molar-refractivity contribution in [1.29, 1.82) is 0 Å². The van der Waals surface area contributed by atoms with E-state index < -0.39 is 5.97 Å². The Kier molecular flexibility index (Phi) is 4.71. The maximum absolute atomic E-state index is 11.5. The molecule has 0 atom stereocenters. The second-order valence-electron chi connectivity index (χ2n) is 4.56. The smallest absolute Gasteiger partial charge is 0.335 e. The van der Waals surface area contributed by atoms with Crippen molar-refractivity contribution in [2.24, 2.45) is 5.92 Å². The van der Waals surface area contributed by atoms with Crippen LogP contribution in [-0.4, -0.2) is 23.7 Å². The van der Waals surface area contributed by atoms with Gasteiger partial charge in [-0.25, -0.2) is 9.59 Å². The minimum absolute atomic E-state index is 0.209. The van der Waals surface area contributed by atoms with Crippen LogP contribution < -0.4 is 10.6 Å². The van der Waals surface area contributed by atoms with E-state index in [4.69, 9.17) is 5.11 Å². The van der Waals surface area contributed by atoms with Crippen molar-refractivity contribution in [1.82, 2.24) is 5.32 Å². The van der Waals surface area contributed by atoms with Gasteiger partial charge in [-0.2, -0.15) is 0 Å². The lowest BCUT2D eigenvalue weighted by Gasteiger charge is -2.11. The number of benzene rings is 1. The van der Waals surface area contributed by atoms with Gasteiger partial charge in [0.15, 0.2) is 0 Å². The summed E-state index contributed by atoms with van der Waals surface area (Å²) in [7, 11) is 0. The van der Waals surface area contributed by atoms with Gasteiger partial charge in [-0.05, 0) is 36.6 Å². The molecule has 3 N–H and O–H groups in total. The van der Waals surface area contributed by atoms with Crippen LogP contribution in [0.4, 0.5) is 10.5 Å². The highest BCUT2D eigenvalue weighted by Crippen LogP contribution is 2.16. The lowest BCUT2D eigenvalue weighted by molar-refractivity contribution is 0.0697. The third-order valence-corrected chi connectivity index (χ3v) is 2.39. The Hall–Kier alpha value is -2.04. The summed E-state index contributed by atoms with van der Waals surface area (Å²) >= 11 is 0. The number of nitrogens with one attached hydrogen (secondary N) is 2. The predicted molar refractivity (Wildman–Crippen MR) is 70.0 cm³/mol. The minimum atomic E-state index is -0.978. The Morgan fingerprint density at radius 2 is 2.00 bits per heavy atom. The molecule has 0 unspecified atom stereocenters. The summed E-state index contributed by atoms with van der Waals surface area (Å²) < 4.78 is 0. The number of carbonyl (C=O) groups is 2. The first-order valence-corrected chi connectivity index (χ1v) is 5.79. The van der Waals surface area contributed by atoms with Crippen molar-refractivity contribution in [2.75, 3.05) is 11.9 Å². The number of amides is 2. The van der Waals surface area contributed by atoms with Gasteiger partial charge in [0.05, 0.1) is 5.56 Å². The highest BCUT2D eigenvalue weighted by Gasteiger charge is 2.08. The van der Waals surface area contributed by atoms with E-state index in [1.807, 2.05) is 13.8 Å². The molecule has 0 fully saturated rings. The molecule has 0 saturated carbocycles. The number of hydrogen-bond acceptors (Lipinski definition) is 2. The number of rotatable bonds is 4. The van der Waals surface area contributed by atoms with Crippen LogP contribution in [0.5, 0.6) is 0 Å². The van der Waals surface area contributed by atoms with Gasteiger partial charge in [-0.1, -0.05) is 13.8 Å². The number of aromatic carboxylic acids is 1. The molecule has 0 aromatic heterocycles. The molecule has 98 valence electrons. The second-order valence-corrected chi connectivity index (χ2v) is 4.56. The standard InChI is InChI=1S/C13H18N2O3/c1-8(2)7-14-13(18)15-11-5-4-10(12(16)17)6-9(11)3/h4-6,8H,7H2,1-3H3,(H,16,17)(H2,14,15,18). The van der Waals surface area contributed by atoms with Gasteiger partial charge in [-0.15, -0.1) is 0 Å². The van der Waals surface area contributed by atoms with E-state index in [0.29, 0.717) is 18.2 Å². The van der Waals surface area contributed by atoms with Gasteiger partial charge in [0.2, 0.25) is 0 Å². The van der Waals surface area contributed by atoms with Gasteiger partial charge in [0, 0.05) is 12.2 Å². The predicted octanol–water partition coefficient (Wildman–Crippen LogP) is 2.47. The van der Waals surface area contributed by atoms with Crippen molar-refractivity contribution in [2.45, 2.75) is 20.8 Å². The van der Waals surface area contributed by atoms with Gasteiger partial charge in [0.1, 0.15) is 0 Å². The van der Waals surface area contributed by atoms with Gasteiger partial charge < -0.3 is 15.7 Å². The molecule has 0 saturated heterocycles. The number of carboxylic acid groups (broad SMARTS) is 1. The van der Waals surface area contributed by atoms with Crippen LogP contribution in [0, 0.1) is 12.8 Å². The Morgan fingerprint density at radius 1 is 1.33 bits per heavy atom. The lowest BCUT2D eigenvalue weighted by atomic mass is 10.1. The number of anilines is 1. The van der Waals surface area contributed by atoms with Crippen molar-refractivity contribution in [3.05, 3.63) is 29.3 Å². The van der Waals surface area contributed by atoms with E-state index in [1.54, 1.807) is 13.0 Å². The molecule has 2 amide bonds. The molecule has 5 nitrogen and oxygen atoms in total. The monoisotopic (exact) mass is 250 g/mol. The first kappa shape index (κ1) is 14.0. The Morgan fingerprint density at radius 3 is 2.50 bits per heavy atom. The summed E-state index contributed by atoms with van der Waals surface area (Å²) in [5.74, 6) is -0.597. The fourth-order valence-electron chi connectivity index (χ4n) is 1.40. The first-order chi connectivity index (χ1) is 8.40. The summed E-state index contributed by atoms with van der Waals surface area (Å²) in [4.78, 5) is 22.3. The molecular formula is C13H18N2O3. The minimum Gasteiger partial charge on any atom is -0.478 e. The Labute approximate surface area is 106 Å². The Bertz CT molecular complexity index is 456. The molecule has 0 heterocycles. The summed E-state index contributed by atoms with van der Waals surface area (Å²) in [5.41, 5.74) is 1.54.